The van der Waals surface area contributed by atoms with Crippen LogP contribution in [0.15, 0.2) is 18.3 Å². The van der Waals surface area contributed by atoms with Gasteiger partial charge in [-0.25, -0.2) is 4.98 Å². The summed E-state index contributed by atoms with van der Waals surface area (Å²) in [4.78, 5) is 7.04. The third-order valence-corrected chi connectivity index (χ3v) is 3.17. The molecule has 0 aromatic carbocycles. The molecule has 2 atom stereocenters. The number of ether oxygens (including phenoxy) is 1. The van der Waals surface area contributed by atoms with Gasteiger partial charge in [0.1, 0.15) is 10.8 Å². The summed E-state index contributed by atoms with van der Waals surface area (Å²) in [7, 11) is 0. The molecule has 0 saturated carbocycles. The Kier molecular flexibility index (Phi) is 3.59. The Balaban J connectivity index is 2.18. The van der Waals surface area contributed by atoms with Gasteiger partial charge in [0, 0.05) is 18.3 Å². The molecule has 0 bridgehead atoms. The molecule has 2 unspecified atom stereocenters. The fourth-order valence-corrected chi connectivity index (χ4v) is 2.04. The SMILES string of the molecule is CC1CN(c2ccc(C(N)=S)cn2)C(C)CO1. The van der Waals surface area contributed by atoms with Crippen LogP contribution in [0.4, 0.5) is 5.82 Å². The average Bonchev–Trinajstić information content (AvgIpc) is 2.32. The topological polar surface area (TPSA) is 51.4 Å². The summed E-state index contributed by atoms with van der Waals surface area (Å²) in [6, 6.07) is 4.22. The van der Waals surface area contributed by atoms with Crippen molar-refractivity contribution in [3.05, 3.63) is 23.9 Å². The van der Waals surface area contributed by atoms with E-state index in [1.54, 1.807) is 6.20 Å². The molecule has 5 heteroatoms. The van der Waals surface area contributed by atoms with E-state index in [2.05, 4.69) is 23.7 Å². The highest BCUT2D eigenvalue weighted by Crippen LogP contribution is 2.19. The molecule has 1 aliphatic heterocycles. The molecule has 0 spiro atoms. The molecule has 4 nitrogen and oxygen atoms in total. The van der Waals surface area contributed by atoms with E-state index in [1.165, 1.54) is 0 Å². The summed E-state index contributed by atoms with van der Waals surface area (Å²) in [5, 5.41) is 0. The minimum absolute atomic E-state index is 0.239. The zero-order chi connectivity index (χ0) is 12.4. The number of anilines is 1. The van der Waals surface area contributed by atoms with Gasteiger partial charge in [0.05, 0.1) is 18.8 Å². The van der Waals surface area contributed by atoms with Crippen molar-refractivity contribution in [2.45, 2.75) is 26.0 Å². The van der Waals surface area contributed by atoms with Crippen LogP contribution in [-0.2, 0) is 4.74 Å². The highest BCUT2D eigenvalue weighted by atomic mass is 32.1. The molecule has 17 heavy (non-hydrogen) atoms. The number of hydrogen-bond donors (Lipinski definition) is 1. The van der Waals surface area contributed by atoms with Crippen LogP contribution in [0, 0.1) is 0 Å². The van der Waals surface area contributed by atoms with Crippen LogP contribution >= 0.6 is 12.2 Å². The van der Waals surface area contributed by atoms with Crippen molar-refractivity contribution < 1.29 is 4.74 Å². The Morgan fingerprint density at radius 2 is 2.29 bits per heavy atom. The number of aromatic nitrogens is 1. The lowest BCUT2D eigenvalue weighted by molar-refractivity contribution is 0.0340. The molecule has 1 aromatic heterocycles. The fraction of sp³-hybridized carbons (Fsp3) is 0.500. The van der Waals surface area contributed by atoms with Crippen LogP contribution in [0.3, 0.4) is 0 Å². The number of morpholine rings is 1. The van der Waals surface area contributed by atoms with Gasteiger partial charge >= 0.3 is 0 Å². The molecule has 2 heterocycles. The summed E-state index contributed by atoms with van der Waals surface area (Å²) >= 11 is 4.91. The Hall–Kier alpha value is -1.20. The Bertz CT molecular complexity index is 407. The van der Waals surface area contributed by atoms with E-state index in [4.69, 9.17) is 22.7 Å². The van der Waals surface area contributed by atoms with Gasteiger partial charge in [0.2, 0.25) is 0 Å². The Morgan fingerprint density at radius 3 is 2.88 bits per heavy atom. The van der Waals surface area contributed by atoms with Crippen LogP contribution < -0.4 is 10.6 Å². The van der Waals surface area contributed by atoms with Crippen molar-refractivity contribution in [1.82, 2.24) is 4.98 Å². The summed E-state index contributed by atoms with van der Waals surface area (Å²) in [6.45, 7) is 5.80. The summed E-state index contributed by atoms with van der Waals surface area (Å²) in [5.74, 6) is 0.952. The minimum Gasteiger partial charge on any atom is -0.389 e. The maximum Gasteiger partial charge on any atom is 0.128 e. The predicted molar refractivity (Wildman–Crippen MR) is 72.3 cm³/mol. The Labute approximate surface area is 107 Å². The first-order chi connectivity index (χ1) is 8.08. The first kappa shape index (κ1) is 12.3. The van der Waals surface area contributed by atoms with E-state index >= 15 is 0 Å². The third kappa shape index (κ3) is 2.73. The number of pyridine rings is 1. The van der Waals surface area contributed by atoms with Gasteiger partial charge in [-0.15, -0.1) is 0 Å². The minimum atomic E-state index is 0.239. The maximum atomic E-state index is 5.59. The lowest BCUT2D eigenvalue weighted by Gasteiger charge is -2.37. The van der Waals surface area contributed by atoms with Crippen LogP contribution in [-0.4, -0.2) is 35.3 Å². The highest BCUT2D eigenvalue weighted by molar-refractivity contribution is 7.80. The van der Waals surface area contributed by atoms with E-state index in [0.29, 0.717) is 11.0 Å². The van der Waals surface area contributed by atoms with E-state index in [9.17, 15) is 0 Å². The van der Waals surface area contributed by atoms with Crippen molar-refractivity contribution >= 4 is 23.0 Å². The molecule has 0 amide bonds. The zero-order valence-electron chi connectivity index (χ0n) is 10.1. The number of thiocarbonyl (C=S) groups is 1. The average molecular weight is 251 g/mol. The third-order valence-electron chi connectivity index (χ3n) is 2.93. The summed E-state index contributed by atoms with van der Waals surface area (Å²) in [6.07, 6.45) is 1.97. The molecular formula is C12H17N3OS. The van der Waals surface area contributed by atoms with Crippen molar-refractivity contribution in [3.63, 3.8) is 0 Å². The molecule has 1 aliphatic rings. The van der Waals surface area contributed by atoms with Crippen LogP contribution in [0.25, 0.3) is 0 Å². The monoisotopic (exact) mass is 251 g/mol. The summed E-state index contributed by atoms with van der Waals surface area (Å²) < 4.78 is 5.59. The van der Waals surface area contributed by atoms with Crippen molar-refractivity contribution in [1.29, 1.82) is 0 Å². The van der Waals surface area contributed by atoms with Gasteiger partial charge in [0.15, 0.2) is 0 Å². The normalized spacial score (nSPS) is 24.7. The number of hydrogen-bond acceptors (Lipinski definition) is 4. The number of nitrogens with two attached hydrogens (primary N) is 1. The first-order valence-electron chi connectivity index (χ1n) is 5.72. The van der Waals surface area contributed by atoms with Crippen molar-refractivity contribution in [2.75, 3.05) is 18.1 Å². The van der Waals surface area contributed by atoms with Gasteiger partial charge in [0.25, 0.3) is 0 Å². The molecular weight excluding hydrogens is 234 g/mol. The molecule has 0 radical (unpaired) electrons. The standard InChI is InChI=1S/C12H17N3OS/c1-8-7-16-9(2)6-15(8)11-4-3-10(5-14-11)12(13)17/h3-5,8-9H,6-7H2,1-2H3,(H2,13,17). The molecule has 0 aliphatic carbocycles. The molecule has 2 N–H and O–H groups in total. The quantitative estimate of drug-likeness (QED) is 0.804. The lowest BCUT2D eigenvalue weighted by atomic mass is 10.2. The van der Waals surface area contributed by atoms with E-state index in [1.807, 2.05) is 12.1 Å². The smallest absolute Gasteiger partial charge is 0.128 e. The Morgan fingerprint density at radius 1 is 1.53 bits per heavy atom. The molecule has 1 saturated heterocycles. The van der Waals surface area contributed by atoms with Crippen molar-refractivity contribution in [2.24, 2.45) is 5.73 Å². The fourth-order valence-electron chi connectivity index (χ4n) is 1.92. The van der Waals surface area contributed by atoms with Crippen LogP contribution in [0.2, 0.25) is 0 Å². The molecule has 1 fully saturated rings. The molecule has 1 aromatic rings. The van der Waals surface area contributed by atoms with Gasteiger partial charge in [-0.2, -0.15) is 0 Å². The van der Waals surface area contributed by atoms with Gasteiger partial charge < -0.3 is 15.4 Å². The van der Waals surface area contributed by atoms with Gasteiger partial charge in [-0.3, -0.25) is 0 Å². The predicted octanol–water partition coefficient (Wildman–Crippen LogP) is 1.33. The van der Waals surface area contributed by atoms with Crippen LogP contribution in [0.5, 0.6) is 0 Å². The van der Waals surface area contributed by atoms with Crippen LogP contribution in [0.1, 0.15) is 19.4 Å². The largest absolute Gasteiger partial charge is 0.389 e. The summed E-state index contributed by atoms with van der Waals surface area (Å²) in [5.41, 5.74) is 6.35. The van der Waals surface area contributed by atoms with Gasteiger partial charge in [-0.05, 0) is 26.0 Å². The zero-order valence-corrected chi connectivity index (χ0v) is 10.9. The van der Waals surface area contributed by atoms with E-state index in [-0.39, 0.29) is 6.10 Å². The molecule has 92 valence electrons. The van der Waals surface area contributed by atoms with Gasteiger partial charge in [-0.1, -0.05) is 12.2 Å². The number of rotatable bonds is 2. The van der Waals surface area contributed by atoms with Crippen molar-refractivity contribution in [3.8, 4) is 0 Å². The number of nitrogens with zero attached hydrogens (tertiary/aromatic N) is 2. The first-order valence-corrected chi connectivity index (χ1v) is 6.13. The highest BCUT2D eigenvalue weighted by Gasteiger charge is 2.24. The van der Waals surface area contributed by atoms with E-state index in [0.717, 1.165) is 24.5 Å². The maximum absolute atomic E-state index is 5.59. The second kappa shape index (κ2) is 4.98. The van der Waals surface area contributed by atoms with E-state index < -0.39 is 0 Å². The molecule has 2 rings (SSSR count). The lowest BCUT2D eigenvalue weighted by Crippen LogP contribution is -2.47. The second-order valence-corrected chi connectivity index (χ2v) is 4.85. The second-order valence-electron chi connectivity index (χ2n) is 4.41.